The van der Waals surface area contributed by atoms with Crippen LogP contribution in [-0.2, 0) is 9.53 Å². The highest BCUT2D eigenvalue weighted by Gasteiger charge is 2.36. The minimum atomic E-state index is -0.200. The lowest BCUT2D eigenvalue weighted by molar-refractivity contribution is -0.133. The molecule has 0 aliphatic carbocycles. The average Bonchev–Trinajstić information content (AvgIpc) is 3.61. The Labute approximate surface area is 209 Å². The van der Waals surface area contributed by atoms with Crippen LogP contribution in [0.15, 0.2) is 34.1 Å². The molecule has 8 nitrogen and oxygen atoms in total. The maximum Gasteiger partial charge on any atom is 0.317 e. The van der Waals surface area contributed by atoms with Gasteiger partial charge in [0, 0.05) is 44.0 Å². The molecule has 0 aromatic carbocycles. The van der Waals surface area contributed by atoms with E-state index in [2.05, 4.69) is 28.6 Å². The summed E-state index contributed by atoms with van der Waals surface area (Å²) in [6.45, 7) is 8.98. The zero-order chi connectivity index (χ0) is 23.9. The van der Waals surface area contributed by atoms with Crippen molar-refractivity contribution in [1.82, 2.24) is 20.1 Å². The number of urea groups is 1. The van der Waals surface area contributed by atoms with Crippen molar-refractivity contribution >= 4 is 40.3 Å². The number of rotatable bonds is 9. The fourth-order valence-corrected chi connectivity index (χ4v) is 5.91. The van der Waals surface area contributed by atoms with Crippen molar-refractivity contribution in [2.24, 2.45) is 5.10 Å². The van der Waals surface area contributed by atoms with Gasteiger partial charge in [-0.3, -0.25) is 9.69 Å². The number of amides is 3. The zero-order valence-electron chi connectivity index (χ0n) is 19.9. The van der Waals surface area contributed by atoms with E-state index < -0.39 is 0 Å². The lowest BCUT2D eigenvalue weighted by Crippen LogP contribution is -2.49. The highest BCUT2D eigenvalue weighted by atomic mass is 32.1. The van der Waals surface area contributed by atoms with E-state index in [0.717, 1.165) is 35.0 Å². The third-order valence-electron chi connectivity index (χ3n) is 6.11. The molecule has 4 heterocycles. The number of aryl methyl sites for hydroxylation is 1. The van der Waals surface area contributed by atoms with Gasteiger partial charge in [-0.15, -0.1) is 22.7 Å². The monoisotopic (exact) mass is 503 g/mol. The van der Waals surface area contributed by atoms with Gasteiger partial charge in [0.15, 0.2) is 0 Å². The van der Waals surface area contributed by atoms with Crippen LogP contribution in [-0.4, -0.2) is 84.9 Å². The van der Waals surface area contributed by atoms with Gasteiger partial charge in [0.25, 0.3) is 5.91 Å². The van der Waals surface area contributed by atoms with Gasteiger partial charge in [-0.05, 0) is 41.8 Å². The minimum Gasteiger partial charge on any atom is -0.379 e. The van der Waals surface area contributed by atoms with Crippen molar-refractivity contribution in [3.8, 4) is 0 Å². The Morgan fingerprint density at radius 2 is 2.06 bits per heavy atom. The number of morpholine rings is 1. The molecule has 1 atom stereocenters. The molecule has 0 bridgehead atoms. The van der Waals surface area contributed by atoms with E-state index in [0.29, 0.717) is 39.3 Å². The van der Waals surface area contributed by atoms with E-state index in [1.807, 2.05) is 24.4 Å². The molecule has 1 N–H and O–H groups in total. The Morgan fingerprint density at radius 1 is 1.24 bits per heavy atom. The van der Waals surface area contributed by atoms with E-state index in [1.54, 1.807) is 32.6 Å². The smallest absolute Gasteiger partial charge is 0.317 e. The van der Waals surface area contributed by atoms with Gasteiger partial charge in [0.2, 0.25) is 0 Å². The summed E-state index contributed by atoms with van der Waals surface area (Å²) in [5, 5.41) is 13.4. The summed E-state index contributed by atoms with van der Waals surface area (Å²) in [5.41, 5.74) is 2.09. The third-order valence-corrected chi connectivity index (χ3v) is 8.14. The third kappa shape index (κ3) is 6.04. The van der Waals surface area contributed by atoms with Crippen molar-refractivity contribution in [2.45, 2.75) is 32.7 Å². The first kappa shape index (κ1) is 24.8. The average molecular weight is 504 g/mol. The molecular weight excluding hydrogens is 470 g/mol. The molecule has 1 fully saturated rings. The van der Waals surface area contributed by atoms with Crippen LogP contribution in [0, 0.1) is 6.92 Å². The van der Waals surface area contributed by atoms with Crippen molar-refractivity contribution in [3.05, 3.63) is 44.3 Å². The summed E-state index contributed by atoms with van der Waals surface area (Å²) >= 11 is 3.29. The molecule has 2 aromatic rings. The normalized spacial score (nSPS) is 18.7. The molecule has 0 spiro atoms. The lowest BCUT2D eigenvalue weighted by Gasteiger charge is -2.31. The summed E-state index contributed by atoms with van der Waals surface area (Å²) in [7, 11) is 0. The van der Waals surface area contributed by atoms with E-state index in [-0.39, 0.29) is 24.5 Å². The Bertz CT molecular complexity index is 985. The quantitative estimate of drug-likeness (QED) is 0.568. The first-order chi connectivity index (χ1) is 16.6. The molecule has 4 rings (SSSR count). The molecule has 1 saturated heterocycles. The van der Waals surface area contributed by atoms with E-state index >= 15 is 0 Å². The number of carbonyl (C=O) groups excluding carboxylic acids is 2. The molecule has 3 amide bonds. The first-order valence-corrected chi connectivity index (χ1v) is 13.6. The van der Waals surface area contributed by atoms with Crippen molar-refractivity contribution < 1.29 is 14.3 Å². The van der Waals surface area contributed by atoms with Crippen molar-refractivity contribution in [1.29, 1.82) is 0 Å². The summed E-state index contributed by atoms with van der Waals surface area (Å²) in [4.78, 5) is 32.6. The second kappa shape index (κ2) is 11.9. The number of hydrogen-bond donors (Lipinski definition) is 1. The number of hydrogen-bond acceptors (Lipinski definition) is 7. The number of hydrazone groups is 1. The summed E-state index contributed by atoms with van der Waals surface area (Å²) < 4.78 is 5.43. The number of nitrogens with zero attached hydrogens (tertiary/aromatic N) is 4. The summed E-state index contributed by atoms with van der Waals surface area (Å²) in [6.07, 6.45) is 1.53. The summed E-state index contributed by atoms with van der Waals surface area (Å²) in [6, 6.07) is 5.80. The molecular formula is C24H33N5O3S2. The van der Waals surface area contributed by atoms with Crippen molar-refractivity contribution in [2.75, 3.05) is 52.5 Å². The van der Waals surface area contributed by atoms with Gasteiger partial charge in [-0.2, -0.15) is 5.10 Å². The number of nitrogens with one attached hydrogen (secondary N) is 1. The predicted molar refractivity (Wildman–Crippen MR) is 137 cm³/mol. The zero-order valence-corrected chi connectivity index (χ0v) is 21.5. The fraction of sp³-hybridized carbons (Fsp3) is 0.542. The van der Waals surface area contributed by atoms with Crippen LogP contribution in [0.25, 0.3) is 0 Å². The number of ether oxygens (including phenoxy) is 1. The molecule has 10 heteroatoms. The van der Waals surface area contributed by atoms with Crippen LogP contribution < -0.4 is 5.32 Å². The molecule has 0 radical (unpaired) electrons. The molecule has 2 aromatic heterocycles. The largest absolute Gasteiger partial charge is 0.379 e. The van der Waals surface area contributed by atoms with Crippen LogP contribution in [0.5, 0.6) is 0 Å². The Morgan fingerprint density at radius 3 is 2.74 bits per heavy atom. The van der Waals surface area contributed by atoms with Gasteiger partial charge < -0.3 is 15.0 Å². The van der Waals surface area contributed by atoms with Crippen LogP contribution in [0.2, 0.25) is 0 Å². The number of thiophene rings is 2. The lowest BCUT2D eigenvalue weighted by atomic mass is 10.1. The molecule has 2 aliphatic rings. The Balaban J connectivity index is 1.50. The fourth-order valence-electron chi connectivity index (χ4n) is 4.18. The highest BCUT2D eigenvalue weighted by Crippen LogP contribution is 2.37. The SMILES string of the molecule is CCCNC(=O)N(CCN1CCOCC1)CC(=O)N1N=C(c2cccs2)C[C@H]1c1sccc1C. The van der Waals surface area contributed by atoms with E-state index in [1.165, 1.54) is 5.56 Å². The Kier molecular flexibility index (Phi) is 8.71. The van der Waals surface area contributed by atoms with Crippen LogP contribution in [0.3, 0.4) is 0 Å². The van der Waals surface area contributed by atoms with E-state index in [4.69, 9.17) is 9.84 Å². The van der Waals surface area contributed by atoms with Gasteiger partial charge in [-0.25, -0.2) is 9.80 Å². The molecule has 0 unspecified atom stereocenters. The topological polar surface area (TPSA) is 77.5 Å². The minimum absolute atomic E-state index is 0.00201. The Hall–Kier alpha value is -2.27. The predicted octanol–water partition coefficient (Wildman–Crippen LogP) is 3.55. The molecule has 2 aliphatic heterocycles. The van der Waals surface area contributed by atoms with Crippen LogP contribution in [0.4, 0.5) is 4.79 Å². The molecule has 0 saturated carbocycles. The van der Waals surface area contributed by atoms with E-state index in [9.17, 15) is 9.59 Å². The van der Waals surface area contributed by atoms with Crippen LogP contribution in [0.1, 0.15) is 41.1 Å². The standard InChI is InChI=1S/C24H33N5O3S2/c1-3-7-25-24(31)28(9-8-27-10-12-32-13-11-27)17-22(30)29-20(23-18(2)6-15-34-23)16-19(26-29)21-5-4-14-33-21/h4-6,14-15,20H,3,7-13,16-17H2,1-2H3,(H,25,31)/t20-/m0/s1. The second-order valence-electron chi connectivity index (χ2n) is 8.56. The maximum atomic E-state index is 13.6. The van der Waals surface area contributed by atoms with Gasteiger partial charge in [-0.1, -0.05) is 13.0 Å². The first-order valence-electron chi connectivity index (χ1n) is 11.9. The highest BCUT2D eigenvalue weighted by molar-refractivity contribution is 7.12. The summed E-state index contributed by atoms with van der Waals surface area (Å²) in [5.74, 6) is -0.155. The molecule has 184 valence electrons. The molecule has 34 heavy (non-hydrogen) atoms. The van der Waals surface area contributed by atoms with Gasteiger partial charge >= 0.3 is 6.03 Å². The van der Waals surface area contributed by atoms with Gasteiger partial charge in [0.1, 0.15) is 6.54 Å². The van der Waals surface area contributed by atoms with Crippen LogP contribution >= 0.6 is 22.7 Å². The second-order valence-corrected chi connectivity index (χ2v) is 10.5. The number of carbonyl (C=O) groups is 2. The van der Waals surface area contributed by atoms with Crippen molar-refractivity contribution in [3.63, 3.8) is 0 Å². The maximum absolute atomic E-state index is 13.6. The van der Waals surface area contributed by atoms with Gasteiger partial charge in [0.05, 0.1) is 29.8 Å².